The molecule has 1 fully saturated rings. The highest BCUT2D eigenvalue weighted by Crippen LogP contribution is 2.37. The first-order valence-corrected chi connectivity index (χ1v) is 12.7. The Hall–Kier alpha value is -4.83. The van der Waals surface area contributed by atoms with Gasteiger partial charge in [-0.2, -0.15) is 9.78 Å². The predicted molar refractivity (Wildman–Crippen MR) is 144 cm³/mol. The molecule has 1 amide bonds. The van der Waals surface area contributed by atoms with Crippen LogP contribution in [-0.2, 0) is 4.74 Å². The predicted octanol–water partition coefficient (Wildman–Crippen LogP) is 4.41. The summed E-state index contributed by atoms with van der Waals surface area (Å²) in [5.74, 6) is 1.68. The molecule has 0 saturated carbocycles. The van der Waals surface area contributed by atoms with Gasteiger partial charge in [0.1, 0.15) is 5.75 Å². The Morgan fingerprint density at radius 1 is 1.03 bits per heavy atom. The molecule has 0 radical (unpaired) electrons. The fourth-order valence-corrected chi connectivity index (χ4v) is 4.41. The molecule has 2 aliphatic heterocycles. The maximum absolute atomic E-state index is 13.6. The van der Waals surface area contributed by atoms with Crippen LogP contribution in [0.3, 0.4) is 0 Å². The van der Waals surface area contributed by atoms with Gasteiger partial charge < -0.3 is 29.6 Å². The molecule has 10 nitrogen and oxygen atoms in total. The summed E-state index contributed by atoms with van der Waals surface area (Å²) in [6, 6.07) is 21.1. The Balaban J connectivity index is 1.26. The lowest BCUT2D eigenvalue weighted by molar-refractivity contribution is 0.0858. The van der Waals surface area contributed by atoms with Gasteiger partial charge in [-0.1, -0.05) is 18.2 Å². The van der Waals surface area contributed by atoms with E-state index in [4.69, 9.17) is 18.9 Å². The third-order valence-corrected chi connectivity index (χ3v) is 6.45. The quantitative estimate of drug-likeness (QED) is 0.347. The van der Waals surface area contributed by atoms with Crippen molar-refractivity contribution in [3.05, 3.63) is 94.9 Å². The van der Waals surface area contributed by atoms with Gasteiger partial charge in [0.05, 0.1) is 18.0 Å². The van der Waals surface area contributed by atoms with Gasteiger partial charge in [-0.15, -0.1) is 0 Å². The molecular formula is C29H26N4O6. The van der Waals surface area contributed by atoms with Gasteiger partial charge in [0.25, 0.3) is 11.5 Å². The van der Waals surface area contributed by atoms with E-state index < -0.39 is 5.56 Å². The minimum atomic E-state index is -0.405. The van der Waals surface area contributed by atoms with Gasteiger partial charge in [-0.05, 0) is 61.4 Å². The molecule has 198 valence electrons. The third kappa shape index (κ3) is 5.41. The van der Waals surface area contributed by atoms with Crippen LogP contribution >= 0.6 is 0 Å². The molecule has 39 heavy (non-hydrogen) atoms. The number of carbonyl (C=O) groups is 1. The summed E-state index contributed by atoms with van der Waals surface area (Å²) in [7, 11) is 0. The number of fused-ring (bicyclic) bond motifs is 1. The van der Waals surface area contributed by atoms with Crippen LogP contribution in [0.2, 0.25) is 0 Å². The van der Waals surface area contributed by atoms with E-state index in [0.29, 0.717) is 40.7 Å². The number of carbonyl (C=O) groups excluding carboxylic acids is 1. The van der Waals surface area contributed by atoms with Gasteiger partial charge in [-0.3, -0.25) is 9.59 Å². The number of hydrogen-bond acceptors (Lipinski definition) is 8. The highest BCUT2D eigenvalue weighted by atomic mass is 16.7. The molecule has 0 spiro atoms. The maximum Gasteiger partial charge on any atom is 0.299 e. The number of ether oxygens (including phenoxy) is 4. The van der Waals surface area contributed by atoms with E-state index in [1.165, 1.54) is 10.9 Å². The number of nitrogens with zero attached hydrogens (tertiary/aromatic N) is 2. The minimum absolute atomic E-state index is 0.0662. The summed E-state index contributed by atoms with van der Waals surface area (Å²) >= 11 is 0. The van der Waals surface area contributed by atoms with Crippen LogP contribution in [0.15, 0.2) is 83.8 Å². The topological polar surface area (TPSA) is 113 Å². The van der Waals surface area contributed by atoms with Crippen molar-refractivity contribution in [2.24, 2.45) is 0 Å². The normalized spacial score (nSPS) is 15.6. The molecule has 3 aromatic carbocycles. The largest absolute Gasteiger partial charge is 0.454 e. The van der Waals surface area contributed by atoms with Crippen molar-refractivity contribution in [1.29, 1.82) is 0 Å². The van der Waals surface area contributed by atoms with E-state index >= 15 is 0 Å². The summed E-state index contributed by atoms with van der Waals surface area (Å²) < 4.78 is 23.7. The number of nitrogens with one attached hydrogen (secondary N) is 2. The van der Waals surface area contributed by atoms with Crippen LogP contribution in [0.25, 0.3) is 5.69 Å². The second kappa shape index (κ2) is 10.9. The van der Waals surface area contributed by atoms with E-state index in [9.17, 15) is 9.59 Å². The number of rotatable bonds is 8. The van der Waals surface area contributed by atoms with E-state index in [1.54, 1.807) is 54.6 Å². The van der Waals surface area contributed by atoms with Gasteiger partial charge in [0.2, 0.25) is 6.79 Å². The average molecular weight is 527 g/mol. The standard InChI is InChI=1S/C29H26N4O6/c34-28(30-16-23-7-4-14-36-23)19-8-10-20(11-9-19)32-27-26(39-22-12-13-24-25(15-22)38-18-37-24)17-31-33(29(27)35)21-5-2-1-3-6-21/h1-3,5-6,8-13,15,17,23,32H,4,7,14,16,18H2,(H,30,34)/t23-/m1/s1. The molecule has 6 rings (SSSR count). The summed E-state index contributed by atoms with van der Waals surface area (Å²) in [6.07, 6.45) is 3.51. The lowest BCUT2D eigenvalue weighted by atomic mass is 10.1. The van der Waals surface area contributed by atoms with Crippen molar-refractivity contribution in [3.8, 4) is 28.7 Å². The van der Waals surface area contributed by atoms with Crippen LogP contribution in [0, 0.1) is 0 Å². The lowest BCUT2D eigenvalue weighted by Gasteiger charge is -2.15. The van der Waals surface area contributed by atoms with Gasteiger partial charge >= 0.3 is 0 Å². The van der Waals surface area contributed by atoms with Gasteiger partial charge in [0.15, 0.2) is 22.9 Å². The lowest BCUT2D eigenvalue weighted by Crippen LogP contribution is -2.31. The van der Waals surface area contributed by atoms with E-state index in [-0.39, 0.29) is 30.2 Å². The van der Waals surface area contributed by atoms with Crippen LogP contribution < -0.4 is 30.4 Å². The Morgan fingerprint density at radius 2 is 1.85 bits per heavy atom. The van der Waals surface area contributed by atoms with Crippen LogP contribution in [0.4, 0.5) is 11.4 Å². The Bertz CT molecular complexity index is 1530. The number of hydrogen-bond donors (Lipinski definition) is 2. The first-order chi connectivity index (χ1) is 19.1. The molecule has 3 heterocycles. The molecule has 4 aromatic rings. The van der Waals surface area contributed by atoms with Gasteiger partial charge in [-0.25, -0.2) is 0 Å². The summed E-state index contributed by atoms with van der Waals surface area (Å²) in [5.41, 5.74) is 1.49. The molecule has 2 aliphatic rings. The zero-order valence-electron chi connectivity index (χ0n) is 21.0. The van der Waals surface area contributed by atoms with Crippen molar-refractivity contribution in [2.45, 2.75) is 18.9 Å². The van der Waals surface area contributed by atoms with Crippen molar-refractivity contribution in [2.75, 3.05) is 25.3 Å². The molecule has 1 saturated heterocycles. The third-order valence-electron chi connectivity index (χ3n) is 6.45. The van der Waals surface area contributed by atoms with Gasteiger partial charge in [0, 0.05) is 30.5 Å². The summed E-state index contributed by atoms with van der Waals surface area (Å²) in [6.45, 7) is 1.36. The number of para-hydroxylation sites is 1. The molecule has 1 atom stereocenters. The summed E-state index contributed by atoms with van der Waals surface area (Å²) in [5, 5.41) is 10.4. The number of amides is 1. The zero-order valence-corrected chi connectivity index (χ0v) is 21.0. The van der Waals surface area contributed by atoms with Crippen LogP contribution in [0.1, 0.15) is 23.2 Å². The summed E-state index contributed by atoms with van der Waals surface area (Å²) in [4.78, 5) is 26.2. The van der Waals surface area contributed by atoms with Crippen molar-refractivity contribution in [3.63, 3.8) is 0 Å². The van der Waals surface area contributed by atoms with Crippen LogP contribution in [-0.4, -0.2) is 41.7 Å². The molecule has 0 aliphatic carbocycles. The smallest absolute Gasteiger partial charge is 0.299 e. The first-order valence-electron chi connectivity index (χ1n) is 12.7. The zero-order chi connectivity index (χ0) is 26.6. The Morgan fingerprint density at radius 3 is 2.64 bits per heavy atom. The van der Waals surface area contributed by atoms with Crippen molar-refractivity contribution >= 4 is 17.3 Å². The highest BCUT2D eigenvalue weighted by Gasteiger charge is 2.19. The van der Waals surface area contributed by atoms with E-state index in [1.807, 2.05) is 18.2 Å². The number of aromatic nitrogens is 2. The molecule has 10 heteroatoms. The second-order valence-electron chi connectivity index (χ2n) is 9.10. The maximum atomic E-state index is 13.6. The number of benzene rings is 3. The molecule has 1 aromatic heterocycles. The fourth-order valence-electron chi connectivity index (χ4n) is 4.41. The van der Waals surface area contributed by atoms with E-state index in [0.717, 1.165) is 19.4 Å². The van der Waals surface area contributed by atoms with E-state index in [2.05, 4.69) is 15.7 Å². The Kier molecular flexibility index (Phi) is 6.84. The molecule has 0 unspecified atom stereocenters. The average Bonchev–Trinajstić information content (AvgIpc) is 3.67. The SMILES string of the molecule is O=C(NC[C@H]1CCCO1)c1ccc(Nc2c(Oc3ccc4c(c3)OCO4)cnn(-c3ccccc3)c2=O)cc1. The Labute approximate surface area is 224 Å². The molecule has 0 bridgehead atoms. The minimum Gasteiger partial charge on any atom is -0.454 e. The van der Waals surface area contributed by atoms with Crippen molar-refractivity contribution < 1.29 is 23.7 Å². The monoisotopic (exact) mass is 526 g/mol. The molecular weight excluding hydrogens is 500 g/mol. The highest BCUT2D eigenvalue weighted by molar-refractivity contribution is 5.94. The van der Waals surface area contributed by atoms with Crippen molar-refractivity contribution in [1.82, 2.24) is 15.1 Å². The number of anilines is 2. The second-order valence-corrected chi connectivity index (χ2v) is 9.10. The van der Waals surface area contributed by atoms with Crippen LogP contribution in [0.5, 0.6) is 23.0 Å². The fraction of sp³-hybridized carbons (Fsp3) is 0.207. The molecule has 2 N–H and O–H groups in total. The first kappa shape index (κ1) is 24.5.